The topological polar surface area (TPSA) is 61.4 Å². The molecule has 0 fully saturated rings. The van der Waals surface area contributed by atoms with Crippen LogP contribution in [0.3, 0.4) is 0 Å². The predicted octanol–water partition coefficient (Wildman–Crippen LogP) is 2.38. The first-order valence-electron chi connectivity index (χ1n) is 9.72. The number of nitrogens with one attached hydrogen (secondary N) is 2. The van der Waals surface area contributed by atoms with Crippen molar-refractivity contribution in [1.82, 2.24) is 15.5 Å². The lowest BCUT2D eigenvalue weighted by molar-refractivity contribution is -0.126. The molecule has 0 unspecified atom stereocenters. The van der Waals surface area contributed by atoms with Crippen molar-refractivity contribution < 1.29 is 9.59 Å². The summed E-state index contributed by atoms with van der Waals surface area (Å²) in [5, 5.41) is 5.61. The lowest BCUT2D eigenvalue weighted by atomic mass is 10.00. The molecule has 1 aliphatic heterocycles. The van der Waals surface area contributed by atoms with Crippen molar-refractivity contribution in [2.45, 2.75) is 25.9 Å². The van der Waals surface area contributed by atoms with Crippen molar-refractivity contribution in [3.8, 4) is 0 Å². The number of hydrogen-bond acceptors (Lipinski definition) is 3. The van der Waals surface area contributed by atoms with Crippen LogP contribution >= 0.6 is 0 Å². The minimum absolute atomic E-state index is 0.168. The Kier molecular flexibility index (Phi) is 6.98. The number of amides is 2. The number of nitrogens with zero attached hydrogens (tertiary/aromatic N) is 1. The Morgan fingerprint density at radius 3 is 2.57 bits per heavy atom. The second-order valence-corrected chi connectivity index (χ2v) is 7.06. The maximum atomic E-state index is 12.2. The van der Waals surface area contributed by atoms with E-state index in [2.05, 4.69) is 39.8 Å². The van der Waals surface area contributed by atoms with Crippen LogP contribution in [0.25, 0.3) is 6.08 Å². The fourth-order valence-electron chi connectivity index (χ4n) is 3.30. The summed E-state index contributed by atoms with van der Waals surface area (Å²) in [5.41, 5.74) is 3.73. The molecule has 0 aliphatic carbocycles. The molecule has 0 bridgehead atoms. The van der Waals surface area contributed by atoms with E-state index >= 15 is 0 Å². The van der Waals surface area contributed by atoms with Gasteiger partial charge in [0.2, 0.25) is 11.8 Å². The first-order chi connectivity index (χ1) is 13.6. The minimum atomic E-state index is -0.574. The molecule has 5 nitrogen and oxygen atoms in total. The van der Waals surface area contributed by atoms with Crippen molar-refractivity contribution in [1.29, 1.82) is 0 Å². The van der Waals surface area contributed by atoms with E-state index in [1.807, 2.05) is 30.3 Å². The van der Waals surface area contributed by atoms with Gasteiger partial charge in [0.25, 0.3) is 0 Å². The minimum Gasteiger partial charge on any atom is -0.353 e. The molecule has 0 radical (unpaired) electrons. The third kappa shape index (κ3) is 5.79. The number of carbonyl (C=O) groups is 2. The summed E-state index contributed by atoms with van der Waals surface area (Å²) in [5.74, 6) is -0.446. The van der Waals surface area contributed by atoms with Gasteiger partial charge in [-0.2, -0.15) is 0 Å². The van der Waals surface area contributed by atoms with E-state index in [1.54, 1.807) is 13.0 Å². The molecule has 0 saturated heterocycles. The summed E-state index contributed by atoms with van der Waals surface area (Å²) in [4.78, 5) is 26.5. The normalized spacial score (nSPS) is 15.0. The lowest BCUT2D eigenvalue weighted by Crippen LogP contribution is -2.46. The summed E-state index contributed by atoms with van der Waals surface area (Å²) in [6.07, 6.45) is 4.22. The van der Waals surface area contributed by atoms with Gasteiger partial charge in [0.15, 0.2) is 0 Å². The third-order valence-electron chi connectivity index (χ3n) is 4.92. The fourth-order valence-corrected chi connectivity index (χ4v) is 3.30. The molecule has 3 rings (SSSR count). The SMILES string of the molecule is C[C@H](NC(=O)/C=C\c1ccccc1)C(=O)NCCN1CCc2ccccc2C1. The Labute approximate surface area is 166 Å². The maximum Gasteiger partial charge on any atom is 0.244 e. The van der Waals surface area contributed by atoms with E-state index < -0.39 is 6.04 Å². The van der Waals surface area contributed by atoms with Gasteiger partial charge >= 0.3 is 0 Å². The predicted molar refractivity (Wildman–Crippen MR) is 112 cm³/mol. The van der Waals surface area contributed by atoms with Gasteiger partial charge in [-0.15, -0.1) is 0 Å². The van der Waals surface area contributed by atoms with E-state index in [0.29, 0.717) is 6.54 Å². The average Bonchev–Trinajstić information content (AvgIpc) is 2.73. The summed E-state index contributed by atoms with van der Waals surface area (Å²) >= 11 is 0. The van der Waals surface area contributed by atoms with Crippen molar-refractivity contribution >= 4 is 17.9 Å². The van der Waals surface area contributed by atoms with Gasteiger partial charge in [-0.3, -0.25) is 14.5 Å². The first kappa shape index (κ1) is 19.8. The van der Waals surface area contributed by atoms with Crippen molar-refractivity contribution in [2.75, 3.05) is 19.6 Å². The van der Waals surface area contributed by atoms with Crippen LogP contribution in [0.1, 0.15) is 23.6 Å². The summed E-state index contributed by atoms with van der Waals surface area (Å²) in [6.45, 7) is 4.99. The van der Waals surface area contributed by atoms with E-state index in [0.717, 1.165) is 31.6 Å². The molecule has 28 heavy (non-hydrogen) atoms. The summed E-state index contributed by atoms with van der Waals surface area (Å²) < 4.78 is 0. The van der Waals surface area contributed by atoms with Crippen LogP contribution in [0.2, 0.25) is 0 Å². The molecular weight excluding hydrogens is 350 g/mol. The molecule has 2 N–H and O–H groups in total. The van der Waals surface area contributed by atoms with Crippen LogP contribution in [0, 0.1) is 0 Å². The Hall–Kier alpha value is -2.92. The molecule has 1 atom stereocenters. The monoisotopic (exact) mass is 377 g/mol. The molecule has 0 saturated carbocycles. The second-order valence-electron chi connectivity index (χ2n) is 7.06. The van der Waals surface area contributed by atoms with Gasteiger partial charge in [0.05, 0.1) is 0 Å². The number of hydrogen-bond donors (Lipinski definition) is 2. The molecular formula is C23H27N3O2. The Balaban J connectivity index is 1.37. The highest BCUT2D eigenvalue weighted by Crippen LogP contribution is 2.17. The van der Waals surface area contributed by atoms with Crippen LogP contribution in [0.15, 0.2) is 60.7 Å². The zero-order valence-electron chi connectivity index (χ0n) is 16.2. The van der Waals surface area contributed by atoms with Gasteiger partial charge in [-0.05, 0) is 36.1 Å². The molecule has 2 aromatic carbocycles. The second kappa shape index (κ2) is 9.85. The quantitative estimate of drug-likeness (QED) is 0.729. The number of rotatable bonds is 7. The molecule has 1 aliphatic rings. The lowest BCUT2D eigenvalue weighted by Gasteiger charge is -2.28. The van der Waals surface area contributed by atoms with Crippen molar-refractivity contribution in [2.24, 2.45) is 0 Å². The zero-order chi connectivity index (χ0) is 19.8. The average molecular weight is 377 g/mol. The molecule has 5 heteroatoms. The van der Waals surface area contributed by atoms with Crippen LogP contribution < -0.4 is 10.6 Å². The van der Waals surface area contributed by atoms with Crippen LogP contribution in [0.4, 0.5) is 0 Å². The van der Waals surface area contributed by atoms with Gasteiger partial charge in [-0.1, -0.05) is 54.6 Å². The van der Waals surface area contributed by atoms with Crippen molar-refractivity contribution in [3.05, 3.63) is 77.4 Å². The van der Waals surface area contributed by atoms with Crippen LogP contribution in [-0.4, -0.2) is 42.4 Å². The molecule has 0 aromatic heterocycles. The standard InChI is InChI=1S/C23H27N3O2/c1-18(25-22(27)12-11-19-7-3-2-4-8-19)23(28)24-14-16-26-15-13-20-9-5-6-10-21(20)17-26/h2-12,18H,13-17H2,1H3,(H,24,28)(H,25,27)/b12-11-/t18-/m0/s1. The highest BCUT2D eigenvalue weighted by molar-refractivity contribution is 5.95. The molecule has 1 heterocycles. The first-order valence-corrected chi connectivity index (χ1v) is 9.72. The summed E-state index contributed by atoms with van der Waals surface area (Å²) in [6, 6.07) is 17.5. The zero-order valence-corrected chi connectivity index (χ0v) is 16.2. The van der Waals surface area contributed by atoms with Gasteiger partial charge in [-0.25, -0.2) is 0 Å². The van der Waals surface area contributed by atoms with Crippen LogP contribution in [-0.2, 0) is 22.6 Å². The van der Waals surface area contributed by atoms with Gasteiger partial charge in [0, 0.05) is 32.3 Å². The maximum absolute atomic E-state index is 12.2. The Morgan fingerprint density at radius 2 is 1.79 bits per heavy atom. The molecule has 2 amide bonds. The van der Waals surface area contributed by atoms with Gasteiger partial charge < -0.3 is 10.6 Å². The third-order valence-corrected chi connectivity index (χ3v) is 4.92. The van der Waals surface area contributed by atoms with E-state index in [-0.39, 0.29) is 11.8 Å². The van der Waals surface area contributed by atoms with E-state index in [4.69, 9.17) is 0 Å². The number of fused-ring (bicyclic) bond motifs is 1. The molecule has 0 spiro atoms. The highest BCUT2D eigenvalue weighted by Gasteiger charge is 2.17. The number of carbonyl (C=O) groups excluding carboxylic acids is 2. The van der Waals surface area contributed by atoms with Gasteiger partial charge in [0.1, 0.15) is 6.04 Å². The highest BCUT2D eigenvalue weighted by atomic mass is 16.2. The van der Waals surface area contributed by atoms with E-state index in [1.165, 1.54) is 17.2 Å². The fraction of sp³-hybridized carbons (Fsp3) is 0.304. The Bertz CT molecular complexity index is 833. The number of benzene rings is 2. The summed E-state index contributed by atoms with van der Waals surface area (Å²) in [7, 11) is 0. The van der Waals surface area contributed by atoms with E-state index in [9.17, 15) is 9.59 Å². The smallest absolute Gasteiger partial charge is 0.244 e. The largest absolute Gasteiger partial charge is 0.353 e. The molecule has 146 valence electrons. The Morgan fingerprint density at radius 1 is 1.07 bits per heavy atom. The van der Waals surface area contributed by atoms with Crippen LogP contribution in [0.5, 0.6) is 0 Å². The van der Waals surface area contributed by atoms with Crippen molar-refractivity contribution in [3.63, 3.8) is 0 Å². The molecule has 2 aromatic rings.